The Morgan fingerprint density at radius 3 is 2.48 bits per heavy atom. The normalized spacial score (nSPS) is 14.3. The van der Waals surface area contributed by atoms with E-state index < -0.39 is 5.91 Å². The summed E-state index contributed by atoms with van der Waals surface area (Å²) in [5.41, 5.74) is 5.99. The van der Waals surface area contributed by atoms with Gasteiger partial charge in [-0.2, -0.15) is 0 Å². The van der Waals surface area contributed by atoms with Gasteiger partial charge in [-0.05, 0) is 18.2 Å². The summed E-state index contributed by atoms with van der Waals surface area (Å²) in [7, 11) is 0. The van der Waals surface area contributed by atoms with Crippen LogP contribution in [0.5, 0.6) is 0 Å². The predicted molar refractivity (Wildman–Crippen MR) is 97.0 cm³/mol. The molecule has 130 valence electrons. The minimum absolute atomic E-state index is 0. The van der Waals surface area contributed by atoms with Crippen molar-refractivity contribution in [1.82, 2.24) is 10.2 Å². The van der Waals surface area contributed by atoms with E-state index in [1.807, 2.05) is 0 Å². The summed E-state index contributed by atoms with van der Waals surface area (Å²) in [4.78, 5) is 25.2. The van der Waals surface area contributed by atoms with E-state index in [0.717, 1.165) is 32.7 Å². The molecule has 0 unspecified atom stereocenters. The van der Waals surface area contributed by atoms with Gasteiger partial charge in [-0.1, -0.05) is 11.6 Å². The van der Waals surface area contributed by atoms with Gasteiger partial charge in [0.2, 0.25) is 11.8 Å². The van der Waals surface area contributed by atoms with Crippen LogP contribution in [0.2, 0.25) is 5.02 Å². The van der Waals surface area contributed by atoms with Crippen LogP contribution in [0.25, 0.3) is 0 Å². The summed E-state index contributed by atoms with van der Waals surface area (Å²) in [5, 5.41) is 6.28. The van der Waals surface area contributed by atoms with Gasteiger partial charge in [0.1, 0.15) is 0 Å². The first-order chi connectivity index (χ1) is 10.1. The highest BCUT2D eigenvalue weighted by molar-refractivity contribution is 6.34. The maximum absolute atomic E-state index is 11.9. The van der Waals surface area contributed by atoms with Crippen LogP contribution in [0, 0.1) is 0 Å². The van der Waals surface area contributed by atoms with Crippen molar-refractivity contribution in [3.63, 3.8) is 0 Å². The molecular weight excluding hydrogens is 363 g/mol. The van der Waals surface area contributed by atoms with Crippen LogP contribution in [0.15, 0.2) is 18.2 Å². The number of carbonyl (C=O) groups excluding carboxylic acids is 2. The molecule has 0 bridgehead atoms. The number of nitrogens with zero attached hydrogens (tertiary/aromatic N) is 1. The molecule has 1 fully saturated rings. The first kappa shape index (κ1) is 21.9. The smallest absolute Gasteiger partial charge is 0.250 e. The molecule has 4 N–H and O–H groups in total. The Morgan fingerprint density at radius 1 is 1.26 bits per heavy atom. The number of piperazine rings is 1. The fourth-order valence-electron chi connectivity index (χ4n) is 2.21. The first-order valence-corrected chi connectivity index (χ1v) is 7.26. The Labute approximate surface area is 152 Å². The third kappa shape index (κ3) is 6.93. The van der Waals surface area contributed by atoms with Gasteiger partial charge in [0, 0.05) is 44.8 Å². The fraction of sp³-hybridized carbons (Fsp3) is 0.429. The second kappa shape index (κ2) is 10.7. The molecule has 1 aliphatic rings. The Morgan fingerprint density at radius 2 is 1.91 bits per heavy atom. The molecule has 9 heteroatoms. The van der Waals surface area contributed by atoms with E-state index in [2.05, 4.69) is 15.5 Å². The van der Waals surface area contributed by atoms with Crippen LogP contribution in [0.3, 0.4) is 0 Å². The van der Waals surface area contributed by atoms with Crippen LogP contribution >= 0.6 is 36.4 Å². The molecular formula is C14H21Cl3N4O2. The van der Waals surface area contributed by atoms with E-state index >= 15 is 0 Å². The molecule has 1 aliphatic heterocycles. The number of nitrogens with one attached hydrogen (secondary N) is 2. The Balaban J connectivity index is 0.00000242. The molecule has 1 aromatic rings. The van der Waals surface area contributed by atoms with Crippen molar-refractivity contribution >= 4 is 53.9 Å². The predicted octanol–water partition coefficient (Wildman–Crippen LogP) is 1.52. The molecule has 0 spiro atoms. The highest BCUT2D eigenvalue weighted by Crippen LogP contribution is 2.20. The van der Waals surface area contributed by atoms with Gasteiger partial charge in [-0.15, -0.1) is 24.8 Å². The average Bonchev–Trinajstić information content (AvgIpc) is 2.46. The number of hydrogen-bond donors (Lipinski definition) is 3. The molecule has 1 heterocycles. The Kier molecular flexibility index (Phi) is 10.2. The summed E-state index contributed by atoms with van der Waals surface area (Å²) in [6, 6.07) is 4.66. The quantitative estimate of drug-likeness (QED) is 0.719. The van der Waals surface area contributed by atoms with E-state index in [1.165, 1.54) is 12.1 Å². The highest BCUT2D eigenvalue weighted by atomic mass is 35.5. The molecule has 2 amide bonds. The van der Waals surface area contributed by atoms with Crippen molar-refractivity contribution in [2.24, 2.45) is 5.73 Å². The van der Waals surface area contributed by atoms with Crippen molar-refractivity contribution < 1.29 is 9.59 Å². The summed E-state index contributed by atoms with van der Waals surface area (Å²) in [6.45, 7) is 4.59. The van der Waals surface area contributed by atoms with Crippen molar-refractivity contribution in [3.05, 3.63) is 28.8 Å². The second-order valence-electron chi connectivity index (χ2n) is 4.95. The minimum atomic E-state index is -0.586. The van der Waals surface area contributed by atoms with Crippen molar-refractivity contribution in [2.45, 2.75) is 6.42 Å². The van der Waals surface area contributed by atoms with Crippen LogP contribution in [-0.4, -0.2) is 49.4 Å². The number of primary amides is 1. The molecule has 6 nitrogen and oxygen atoms in total. The van der Waals surface area contributed by atoms with Crippen LogP contribution in [0.4, 0.5) is 5.69 Å². The zero-order valence-corrected chi connectivity index (χ0v) is 14.9. The van der Waals surface area contributed by atoms with Gasteiger partial charge in [-0.25, -0.2) is 0 Å². The van der Waals surface area contributed by atoms with E-state index in [4.69, 9.17) is 17.3 Å². The monoisotopic (exact) mass is 382 g/mol. The lowest BCUT2D eigenvalue weighted by molar-refractivity contribution is -0.116. The molecule has 0 aliphatic carbocycles. The Hall–Kier alpha value is -1.05. The van der Waals surface area contributed by atoms with E-state index in [-0.39, 0.29) is 41.3 Å². The molecule has 23 heavy (non-hydrogen) atoms. The number of benzene rings is 1. The third-order valence-electron chi connectivity index (χ3n) is 3.38. The minimum Gasteiger partial charge on any atom is -0.366 e. The number of anilines is 1. The topological polar surface area (TPSA) is 87.5 Å². The average molecular weight is 384 g/mol. The molecule has 1 aromatic carbocycles. The van der Waals surface area contributed by atoms with Gasteiger partial charge < -0.3 is 21.3 Å². The lowest BCUT2D eigenvalue weighted by Gasteiger charge is -2.26. The summed E-state index contributed by atoms with van der Waals surface area (Å²) >= 11 is 5.94. The molecule has 0 aromatic heterocycles. The second-order valence-corrected chi connectivity index (χ2v) is 5.36. The van der Waals surface area contributed by atoms with Gasteiger partial charge in [0.05, 0.1) is 10.6 Å². The fourth-order valence-corrected chi connectivity index (χ4v) is 2.48. The van der Waals surface area contributed by atoms with E-state index in [1.54, 1.807) is 6.07 Å². The Bertz CT molecular complexity index is 537. The summed E-state index contributed by atoms with van der Waals surface area (Å²) in [5.74, 6) is -0.659. The van der Waals surface area contributed by atoms with Gasteiger partial charge >= 0.3 is 0 Å². The van der Waals surface area contributed by atoms with Crippen molar-refractivity contribution in [1.29, 1.82) is 0 Å². The third-order valence-corrected chi connectivity index (χ3v) is 3.70. The van der Waals surface area contributed by atoms with Gasteiger partial charge in [-0.3, -0.25) is 9.59 Å². The molecule has 0 radical (unpaired) electrons. The first-order valence-electron chi connectivity index (χ1n) is 6.88. The van der Waals surface area contributed by atoms with E-state index in [0.29, 0.717) is 12.1 Å². The van der Waals surface area contributed by atoms with Crippen LogP contribution in [0.1, 0.15) is 16.8 Å². The lowest BCUT2D eigenvalue weighted by atomic mass is 10.2. The zero-order valence-electron chi connectivity index (χ0n) is 12.5. The van der Waals surface area contributed by atoms with Crippen LogP contribution in [-0.2, 0) is 4.79 Å². The maximum atomic E-state index is 11.9. The maximum Gasteiger partial charge on any atom is 0.250 e. The number of rotatable bonds is 5. The number of carbonyl (C=O) groups is 2. The SMILES string of the molecule is Cl.Cl.NC(=O)c1ccc(NC(=O)CCN2CCNCC2)cc1Cl. The summed E-state index contributed by atoms with van der Waals surface area (Å²) < 4.78 is 0. The number of halogens is 3. The largest absolute Gasteiger partial charge is 0.366 e. The number of amides is 2. The van der Waals surface area contributed by atoms with Gasteiger partial charge in [0.25, 0.3) is 0 Å². The van der Waals surface area contributed by atoms with E-state index in [9.17, 15) is 9.59 Å². The number of nitrogens with two attached hydrogens (primary N) is 1. The van der Waals surface area contributed by atoms with Gasteiger partial charge in [0.15, 0.2) is 0 Å². The zero-order chi connectivity index (χ0) is 15.2. The van der Waals surface area contributed by atoms with Crippen molar-refractivity contribution in [3.8, 4) is 0 Å². The lowest BCUT2D eigenvalue weighted by Crippen LogP contribution is -2.44. The standard InChI is InChI=1S/C14H19ClN4O2.2ClH/c15-12-9-10(1-2-11(12)14(16)21)18-13(20)3-6-19-7-4-17-5-8-19;;/h1-2,9,17H,3-8H2,(H2,16,21)(H,18,20);2*1H. The van der Waals surface area contributed by atoms with Crippen molar-refractivity contribution in [2.75, 3.05) is 38.0 Å². The molecule has 0 saturated carbocycles. The molecule has 2 rings (SSSR count). The molecule has 1 saturated heterocycles. The number of hydrogen-bond acceptors (Lipinski definition) is 4. The highest BCUT2D eigenvalue weighted by Gasteiger charge is 2.12. The molecule has 0 atom stereocenters. The van der Waals surface area contributed by atoms with Crippen LogP contribution < -0.4 is 16.4 Å². The summed E-state index contributed by atoms with van der Waals surface area (Å²) in [6.07, 6.45) is 0.426.